The van der Waals surface area contributed by atoms with Crippen molar-refractivity contribution in [1.82, 2.24) is 0 Å². The smallest absolute Gasteiger partial charge is 0.230 e. The van der Waals surface area contributed by atoms with E-state index in [0.717, 1.165) is 16.9 Å². The van der Waals surface area contributed by atoms with Crippen LogP contribution in [0.2, 0.25) is 0 Å². The SMILES string of the molecule is COc1cc([C@H]2C3=C(C[C@H](c4ccccc4)CC3=O)Nc3ccccc3N2C(=O)C(C)C)cc(OC)c1OC. The monoisotopic (exact) mass is 526 g/mol. The van der Waals surface area contributed by atoms with Gasteiger partial charge in [-0.1, -0.05) is 56.3 Å². The Balaban J connectivity index is 1.78. The lowest BCUT2D eigenvalue weighted by molar-refractivity contribution is -0.121. The molecule has 39 heavy (non-hydrogen) atoms. The standard InChI is InChI=1S/C32H34N2O5/c1-19(2)32(36)34-25-14-10-9-13-23(25)33-24-15-21(20-11-7-6-8-12-20)16-26(35)29(24)30(34)22-17-27(37-3)31(39-5)28(18-22)38-4/h6-14,17-19,21,30,33H,15-16H2,1-5H3/t21-,30-/m0/s1. The molecule has 0 radical (unpaired) electrons. The van der Waals surface area contributed by atoms with Crippen molar-refractivity contribution in [3.8, 4) is 17.2 Å². The van der Waals surface area contributed by atoms with Crippen LogP contribution in [0.1, 0.15) is 49.8 Å². The van der Waals surface area contributed by atoms with Crippen molar-refractivity contribution in [3.63, 3.8) is 0 Å². The number of ketones is 1. The summed E-state index contributed by atoms with van der Waals surface area (Å²) in [7, 11) is 4.67. The normalized spacial score (nSPS) is 18.6. The predicted octanol–water partition coefficient (Wildman–Crippen LogP) is 6.27. The van der Waals surface area contributed by atoms with E-state index in [2.05, 4.69) is 17.4 Å². The van der Waals surface area contributed by atoms with Crippen molar-refractivity contribution in [2.75, 3.05) is 31.5 Å². The number of methoxy groups -OCH3 is 3. The summed E-state index contributed by atoms with van der Waals surface area (Å²) in [6, 6.07) is 20.8. The molecule has 202 valence electrons. The minimum Gasteiger partial charge on any atom is -0.493 e. The van der Waals surface area contributed by atoms with Gasteiger partial charge in [0, 0.05) is 23.6 Å². The Bertz CT molecular complexity index is 1400. The van der Waals surface area contributed by atoms with E-state index in [1.165, 1.54) is 0 Å². The number of amides is 1. The van der Waals surface area contributed by atoms with Gasteiger partial charge in [0.2, 0.25) is 11.7 Å². The fourth-order valence-electron chi connectivity index (χ4n) is 5.65. The highest BCUT2D eigenvalue weighted by molar-refractivity contribution is 6.07. The number of nitrogens with zero attached hydrogens (tertiary/aromatic N) is 1. The minimum absolute atomic E-state index is 0.00529. The number of hydrogen-bond donors (Lipinski definition) is 1. The van der Waals surface area contributed by atoms with Gasteiger partial charge in [0.05, 0.1) is 38.7 Å². The maximum atomic E-state index is 14.1. The molecule has 2 atom stereocenters. The molecule has 0 bridgehead atoms. The van der Waals surface area contributed by atoms with Gasteiger partial charge in [0.1, 0.15) is 0 Å². The summed E-state index contributed by atoms with van der Waals surface area (Å²) < 4.78 is 16.9. The summed E-state index contributed by atoms with van der Waals surface area (Å²) in [6.45, 7) is 3.75. The molecule has 1 aliphatic carbocycles. The van der Waals surface area contributed by atoms with Gasteiger partial charge in [0.25, 0.3) is 0 Å². The van der Waals surface area contributed by atoms with Gasteiger partial charge in [-0.05, 0) is 47.7 Å². The largest absolute Gasteiger partial charge is 0.493 e. The molecular formula is C32H34N2O5. The summed E-state index contributed by atoms with van der Waals surface area (Å²) in [4.78, 5) is 29.9. The first kappa shape index (κ1) is 26.4. The molecular weight excluding hydrogens is 492 g/mol. The van der Waals surface area contributed by atoms with E-state index < -0.39 is 6.04 Å². The maximum Gasteiger partial charge on any atom is 0.230 e. The van der Waals surface area contributed by atoms with Crippen molar-refractivity contribution < 1.29 is 23.8 Å². The van der Waals surface area contributed by atoms with E-state index >= 15 is 0 Å². The maximum absolute atomic E-state index is 14.1. The molecule has 2 aliphatic rings. The van der Waals surface area contributed by atoms with Crippen molar-refractivity contribution in [2.45, 2.75) is 38.6 Å². The van der Waals surface area contributed by atoms with E-state index in [1.807, 2.05) is 68.4 Å². The zero-order chi connectivity index (χ0) is 27.7. The fraction of sp³-hybridized carbons (Fsp3) is 0.312. The first-order valence-corrected chi connectivity index (χ1v) is 13.2. The molecule has 7 heteroatoms. The topological polar surface area (TPSA) is 77.1 Å². The summed E-state index contributed by atoms with van der Waals surface area (Å²) in [5, 5.41) is 3.57. The van der Waals surface area contributed by atoms with E-state index in [4.69, 9.17) is 14.2 Å². The van der Waals surface area contributed by atoms with Crippen LogP contribution in [0.15, 0.2) is 78.0 Å². The van der Waals surface area contributed by atoms with Gasteiger partial charge in [-0.3, -0.25) is 14.5 Å². The minimum atomic E-state index is -0.691. The number of benzene rings is 3. The average Bonchev–Trinajstić information content (AvgIpc) is 3.10. The van der Waals surface area contributed by atoms with Crippen LogP contribution in [-0.4, -0.2) is 33.0 Å². The zero-order valence-corrected chi connectivity index (χ0v) is 23.0. The Morgan fingerprint density at radius 3 is 2.13 bits per heavy atom. The average molecular weight is 527 g/mol. The summed E-state index contributed by atoms with van der Waals surface area (Å²) in [5.74, 6) is 1.01. The van der Waals surface area contributed by atoms with E-state index in [-0.39, 0.29) is 23.5 Å². The highest BCUT2D eigenvalue weighted by Crippen LogP contribution is 2.50. The van der Waals surface area contributed by atoms with Gasteiger partial charge >= 0.3 is 0 Å². The molecule has 0 aromatic heterocycles. The second kappa shape index (κ2) is 10.8. The first-order chi connectivity index (χ1) is 18.9. The van der Waals surface area contributed by atoms with Crippen LogP contribution in [0.3, 0.4) is 0 Å². The number of anilines is 2. The number of allylic oxidation sites excluding steroid dienone is 1. The molecule has 7 nitrogen and oxygen atoms in total. The molecule has 0 spiro atoms. The molecule has 3 aromatic carbocycles. The lowest BCUT2D eigenvalue weighted by Crippen LogP contribution is -2.40. The van der Waals surface area contributed by atoms with Crippen LogP contribution in [0.5, 0.6) is 17.2 Å². The molecule has 1 aliphatic heterocycles. The van der Waals surface area contributed by atoms with Crippen LogP contribution in [0.4, 0.5) is 11.4 Å². The number of hydrogen-bond acceptors (Lipinski definition) is 6. The number of carbonyl (C=O) groups is 2. The summed E-state index contributed by atoms with van der Waals surface area (Å²) in [5.41, 5.74) is 4.74. The van der Waals surface area contributed by atoms with Crippen LogP contribution in [-0.2, 0) is 9.59 Å². The van der Waals surface area contributed by atoms with Gasteiger partial charge < -0.3 is 19.5 Å². The molecule has 1 heterocycles. The van der Waals surface area contributed by atoms with Gasteiger partial charge in [0.15, 0.2) is 17.3 Å². The van der Waals surface area contributed by atoms with Crippen molar-refractivity contribution in [3.05, 3.63) is 89.1 Å². The Morgan fingerprint density at radius 1 is 0.872 bits per heavy atom. The van der Waals surface area contributed by atoms with Crippen LogP contribution < -0.4 is 24.4 Å². The van der Waals surface area contributed by atoms with E-state index in [9.17, 15) is 9.59 Å². The molecule has 0 saturated heterocycles. The second-order valence-corrected chi connectivity index (χ2v) is 10.2. The molecule has 0 saturated carbocycles. The lowest BCUT2D eigenvalue weighted by Gasteiger charge is -2.36. The van der Waals surface area contributed by atoms with Crippen LogP contribution in [0, 0.1) is 5.92 Å². The van der Waals surface area contributed by atoms with Crippen molar-refractivity contribution in [1.29, 1.82) is 0 Å². The van der Waals surface area contributed by atoms with E-state index in [1.54, 1.807) is 26.2 Å². The first-order valence-electron chi connectivity index (χ1n) is 13.2. The summed E-state index contributed by atoms with van der Waals surface area (Å²) in [6.07, 6.45) is 0.996. The van der Waals surface area contributed by atoms with Crippen molar-refractivity contribution in [2.24, 2.45) is 5.92 Å². The molecule has 3 aromatic rings. The quantitative estimate of drug-likeness (QED) is 0.408. The molecule has 5 rings (SSSR count). The predicted molar refractivity (Wildman–Crippen MR) is 152 cm³/mol. The Morgan fingerprint density at radius 2 is 1.51 bits per heavy atom. The van der Waals surface area contributed by atoms with Crippen molar-refractivity contribution >= 4 is 23.1 Å². The zero-order valence-electron chi connectivity index (χ0n) is 23.0. The molecule has 1 N–H and O–H groups in total. The van der Waals surface area contributed by atoms with Gasteiger partial charge in [-0.2, -0.15) is 0 Å². The fourth-order valence-corrected chi connectivity index (χ4v) is 5.65. The third-order valence-electron chi connectivity index (χ3n) is 7.49. The number of rotatable bonds is 6. The molecule has 0 fully saturated rings. The number of Topliss-reactive ketones (excluding diaryl/α,β-unsaturated/α-hetero) is 1. The number of carbonyl (C=O) groups excluding carboxylic acids is 2. The van der Waals surface area contributed by atoms with Crippen LogP contribution >= 0.6 is 0 Å². The highest BCUT2D eigenvalue weighted by Gasteiger charge is 2.42. The Kier molecular flexibility index (Phi) is 7.33. The van der Waals surface area contributed by atoms with Gasteiger partial charge in [-0.25, -0.2) is 0 Å². The lowest BCUT2D eigenvalue weighted by atomic mass is 9.78. The molecule has 0 unspecified atom stereocenters. The third-order valence-corrected chi connectivity index (χ3v) is 7.49. The van der Waals surface area contributed by atoms with Crippen LogP contribution in [0.25, 0.3) is 0 Å². The Labute approximate surface area is 229 Å². The number of ether oxygens (including phenoxy) is 3. The number of para-hydroxylation sites is 2. The highest BCUT2D eigenvalue weighted by atomic mass is 16.5. The van der Waals surface area contributed by atoms with E-state index in [0.29, 0.717) is 46.9 Å². The number of nitrogens with one attached hydrogen (secondary N) is 1. The van der Waals surface area contributed by atoms with Gasteiger partial charge in [-0.15, -0.1) is 0 Å². The Hall–Kier alpha value is -4.26. The summed E-state index contributed by atoms with van der Waals surface area (Å²) >= 11 is 0. The second-order valence-electron chi connectivity index (χ2n) is 10.2. The molecule has 1 amide bonds. The number of fused-ring (bicyclic) bond motifs is 1. The third kappa shape index (κ3) is 4.73.